The van der Waals surface area contributed by atoms with E-state index in [9.17, 15) is 9.18 Å². The first-order valence-electron chi connectivity index (χ1n) is 9.18. The van der Waals surface area contributed by atoms with Crippen LogP contribution in [0.1, 0.15) is 11.4 Å². The smallest absolute Gasteiger partial charge is 0.319 e. The number of pyridine rings is 1. The monoisotopic (exact) mass is 429 g/mol. The molecule has 2 heterocycles. The molecule has 4 N–H and O–H groups in total. The van der Waals surface area contributed by atoms with Gasteiger partial charge in [-0.2, -0.15) is 0 Å². The van der Waals surface area contributed by atoms with E-state index in [-0.39, 0.29) is 5.02 Å². The Kier molecular flexibility index (Phi) is 6.97. The van der Waals surface area contributed by atoms with Crippen molar-refractivity contribution < 1.29 is 9.18 Å². The van der Waals surface area contributed by atoms with Crippen molar-refractivity contribution in [2.45, 2.75) is 13.8 Å². The summed E-state index contributed by atoms with van der Waals surface area (Å²) < 4.78 is 13.2. The van der Waals surface area contributed by atoms with Crippen LogP contribution in [-0.4, -0.2) is 34.1 Å². The van der Waals surface area contributed by atoms with Crippen LogP contribution in [0.5, 0.6) is 0 Å². The van der Waals surface area contributed by atoms with Gasteiger partial charge in [-0.25, -0.2) is 24.1 Å². The second-order valence-electron chi connectivity index (χ2n) is 6.47. The van der Waals surface area contributed by atoms with E-state index in [2.05, 4.69) is 36.2 Å². The van der Waals surface area contributed by atoms with Crippen molar-refractivity contribution in [3.63, 3.8) is 0 Å². The molecule has 2 amide bonds. The van der Waals surface area contributed by atoms with E-state index in [4.69, 9.17) is 11.6 Å². The molecule has 0 aliphatic heterocycles. The molecule has 0 unspecified atom stereocenters. The van der Waals surface area contributed by atoms with Gasteiger partial charge in [0, 0.05) is 31.0 Å². The molecular formula is C20H21ClFN7O. The van der Waals surface area contributed by atoms with Crippen molar-refractivity contribution in [1.29, 1.82) is 0 Å². The number of carbonyl (C=O) groups is 1. The number of benzene rings is 1. The predicted octanol–water partition coefficient (Wildman–Crippen LogP) is 4.26. The second-order valence-corrected chi connectivity index (χ2v) is 6.87. The van der Waals surface area contributed by atoms with Gasteiger partial charge >= 0.3 is 6.03 Å². The van der Waals surface area contributed by atoms with Crippen molar-refractivity contribution in [2.75, 3.05) is 29.0 Å². The summed E-state index contributed by atoms with van der Waals surface area (Å²) in [5, 5.41) is 11.5. The lowest BCUT2D eigenvalue weighted by Gasteiger charge is -2.11. The number of hydrogen-bond donors (Lipinski definition) is 4. The molecule has 8 nitrogen and oxygen atoms in total. The summed E-state index contributed by atoms with van der Waals surface area (Å²) in [5.74, 6) is 1.97. The lowest BCUT2D eigenvalue weighted by molar-refractivity contribution is 0.252. The molecule has 1 aromatic carbocycles. The highest BCUT2D eigenvalue weighted by Crippen LogP contribution is 2.19. The normalized spacial score (nSPS) is 10.4. The zero-order chi connectivity index (χ0) is 21.5. The highest BCUT2D eigenvalue weighted by molar-refractivity contribution is 6.31. The van der Waals surface area contributed by atoms with Gasteiger partial charge in [-0.1, -0.05) is 11.6 Å². The summed E-state index contributed by atoms with van der Waals surface area (Å²) in [6.07, 6.45) is 1.72. The van der Waals surface area contributed by atoms with E-state index in [0.29, 0.717) is 42.1 Å². The first-order chi connectivity index (χ1) is 14.4. The molecule has 0 radical (unpaired) electrons. The number of anilines is 4. The van der Waals surface area contributed by atoms with Gasteiger partial charge in [0.15, 0.2) is 0 Å². The Labute approximate surface area is 178 Å². The van der Waals surface area contributed by atoms with Crippen LogP contribution >= 0.6 is 11.6 Å². The molecule has 0 aliphatic carbocycles. The minimum atomic E-state index is -0.543. The molecule has 0 aliphatic rings. The van der Waals surface area contributed by atoms with Gasteiger partial charge in [0.25, 0.3) is 0 Å². The fourth-order valence-electron chi connectivity index (χ4n) is 2.57. The number of hydrogen-bond acceptors (Lipinski definition) is 6. The van der Waals surface area contributed by atoms with E-state index in [0.717, 1.165) is 5.56 Å². The van der Waals surface area contributed by atoms with E-state index in [1.54, 1.807) is 19.2 Å². The van der Waals surface area contributed by atoms with E-state index in [1.807, 2.05) is 19.1 Å². The average Bonchev–Trinajstić information content (AvgIpc) is 2.68. The topological polar surface area (TPSA) is 104 Å². The maximum atomic E-state index is 13.2. The zero-order valence-electron chi connectivity index (χ0n) is 16.5. The van der Waals surface area contributed by atoms with Gasteiger partial charge in [0.05, 0.1) is 5.02 Å². The first kappa shape index (κ1) is 21.3. The zero-order valence-corrected chi connectivity index (χ0v) is 17.2. The molecule has 0 atom stereocenters. The van der Waals surface area contributed by atoms with Gasteiger partial charge in [-0.05, 0) is 49.7 Å². The van der Waals surface area contributed by atoms with Crippen LogP contribution in [-0.2, 0) is 0 Å². The molecule has 0 saturated heterocycles. The highest BCUT2D eigenvalue weighted by atomic mass is 35.5. The molecule has 0 spiro atoms. The largest absolute Gasteiger partial charge is 0.368 e. The summed E-state index contributed by atoms with van der Waals surface area (Å²) in [6, 6.07) is 9.13. The van der Waals surface area contributed by atoms with Gasteiger partial charge in [-0.3, -0.25) is 0 Å². The predicted molar refractivity (Wildman–Crippen MR) is 116 cm³/mol. The fourth-order valence-corrected chi connectivity index (χ4v) is 2.75. The van der Waals surface area contributed by atoms with Crippen molar-refractivity contribution in [3.8, 4) is 0 Å². The molecule has 2 aromatic heterocycles. The van der Waals surface area contributed by atoms with Crippen LogP contribution in [0.4, 0.5) is 32.3 Å². The Morgan fingerprint density at radius 1 is 1.03 bits per heavy atom. The van der Waals surface area contributed by atoms with Crippen LogP contribution in [0.25, 0.3) is 0 Å². The SMILES string of the molecule is Cc1ccnc(Nc2cc(NCCNC(=O)Nc3ccc(F)c(Cl)c3)nc(C)n2)c1. The van der Waals surface area contributed by atoms with Crippen molar-refractivity contribution in [2.24, 2.45) is 0 Å². The molecule has 30 heavy (non-hydrogen) atoms. The summed E-state index contributed by atoms with van der Waals surface area (Å²) in [4.78, 5) is 24.9. The minimum Gasteiger partial charge on any atom is -0.368 e. The maximum Gasteiger partial charge on any atom is 0.319 e. The number of aromatic nitrogens is 3. The highest BCUT2D eigenvalue weighted by Gasteiger charge is 2.06. The van der Waals surface area contributed by atoms with Crippen LogP contribution < -0.4 is 21.3 Å². The number of amides is 2. The van der Waals surface area contributed by atoms with Crippen LogP contribution in [0.2, 0.25) is 5.02 Å². The third-order valence-corrected chi connectivity index (χ3v) is 4.19. The number of nitrogens with zero attached hydrogens (tertiary/aromatic N) is 3. The molecular weight excluding hydrogens is 409 g/mol. The van der Waals surface area contributed by atoms with E-state index < -0.39 is 11.8 Å². The third kappa shape index (κ3) is 6.28. The van der Waals surface area contributed by atoms with Crippen molar-refractivity contribution in [1.82, 2.24) is 20.3 Å². The molecule has 156 valence electrons. The van der Waals surface area contributed by atoms with Gasteiger partial charge in [0.1, 0.15) is 29.1 Å². The summed E-state index contributed by atoms with van der Waals surface area (Å²) in [6.45, 7) is 4.56. The Morgan fingerprint density at radius 2 is 1.83 bits per heavy atom. The summed E-state index contributed by atoms with van der Waals surface area (Å²) >= 11 is 5.70. The Morgan fingerprint density at radius 3 is 2.60 bits per heavy atom. The van der Waals surface area contributed by atoms with Crippen LogP contribution in [0.3, 0.4) is 0 Å². The van der Waals surface area contributed by atoms with Crippen molar-refractivity contribution >= 4 is 40.8 Å². The Hall–Kier alpha value is -3.46. The standard InChI is InChI=1S/C20H21ClFN7O/c1-12-5-6-23-17(9-12)29-19-11-18(26-13(2)27-19)24-7-8-25-20(30)28-14-3-4-16(22)15(21)10-14/h3-6,9-11H,7-8H2,1-2H3,(H2,25,28,30)(H2,23,24,26,27,29). The first-order valence-corrected chi connectivity index (χ1v) is 9.56. The van der Waals surface area contributed by atoms with Crippen LogP contribution in [0, 0.1) is 19.7 Å². The van der Waals surface area contributed by atoms with E-state index in [1.165, 1.54) is 18.2 Å². The lowest BCUT2D eigenvalue weighted by atomic mass is 10.3. The number of carbonyl (C=O) groups excluding carboxylic acids is 1. The lowest BCUT2D eigenvalue weighted by Crippen LogP contribution is -2.32. The second kappa shape index (κ2) is 9.84. The van der Waals surface area contributed by atoms with E-state index >= 15 is 0 Å². The molecule has 0 bridgehead atoms. The number of rotatable bonds is 7. The summed E-state index contributed by atoms with van der Waals surface area (Å²) in [5.41, 5.74) is 1.49. The summed E-state index contributed by atoms with van der Waals surface area (Å²) in [7, 11) is 0. The Bertz CT molecular complexity index is 1050. The molecule has 0 fully saturated rings. The molecule has 3 rings (SSSR count). The molecule has 10 heteroatoms. The van der Waals surface area contributed by atoms with Crippen LogP contribution in [0.15, 0.2) is 42.6 Å². The number of urea groups is 1. The fraction of sp³-hybridized carbons (Fsp3) is 0.200. The number of nitrogens with one attached hydrogen (secondary N) is 4. The quantitative estimate of drug-likeness (QED) is 0.418. The third-order valence-electron chi connectivity index (χ3n) is 3.90. The molecule has 0 saturated carbocycles. The number of aryl methyl sites for hydroxylation is 2. The Balaban J connectivity index is 1.49. The van der Waals surface area contributed by atoms with Gasteiger partial charge < -0.3 is 21.3 Å². The average molecular weight is 430 g/mol. The van der Waals surface area contributed by atoms with Crippen molar-refractivity contribution in [3.05, 3.63) is 64.8 Å². The molecule has 3 aromatic rings. The maximum absolute atomic E-state index is 13.2. The van der Waals surface area contributed by atoms with Gasteiger partial charge in [-0.15, -0.1) is 0 Å². The number of halogens is 2. The minimum absolute atomic E-state index is 0.0566. The van der Waals surface area contributed by atoms with Gasteiger partial charge in [0.2, 0.25) is 0 Å².